The number of H-pyrrole nitrogens is 1. The number of nitrogens with zero attached hydrogens (tertiary/aromatic N) is 1. The zero-order valence-electron chi connectivity index (χ0n) is 8.50. The number of hydrogen-bond donors (Lipinski definition) is 1. The standard InChI is InChI=1S/C12H10BrClN2/c13-10-5-8(14)3-4-9(10)12-15-6-11(16-12)7-1-2-7/h3-7H,1-2H2,(H,15,16). The Morgan fingerprint density at radius 3 is 2.88 bits per heavy atom. The van der Waals surface area contributed by atoms with Crippen molar-refractivity contribution in [1.29, 1.82) is 0 Å². The summed E-state index contributed by atoms with van der Waals surface area (Å²) in [6.45, 7) is 0. The molecular weight excluding hydrogens is 288 g/mol. The summed E-state index contributed by atoms with van der Waals surface area (Å²) < 4.78 is 0.969. The molecule has 0 amide bonds. The third-order valence-electron chi connectivity index (χ3n) is 2.80. The van der Waals surface area contributed by atoms with E-state index in [2.05, 4.69) is 25.9 Å². The van der Waals surface area contributed by atoms with Crippen molar-refractivity contribution >= 4 is 27.5 Å². The van der Waals surface area contributed by atoms with Gasteiger partial charge in [-0.2, -0.15) is 0 Å². The Kier molecular flexibility index (Phi) is 2.52. The normalized spacial score (nSPS) is 15.4. The molecule has 1 saturated carbocycles. The molecule has 0 atom stereocenters. The van der Waals surface area contributed by atoms with Crippen molar-refractivity contribution in [3.8, 4) is 11.4 Å². The van der Waals surface area contributed by atoms with Crippen molar-refractivity contribution in [1.82, 2.24) is 9.97 Å². The number of hydrogen-bond acceptors (Lipinski definition) is 1. The van der Waals surface area contributed by atoms with E-state index >= 15 is 0 Å². The van der Waals surface area contributed by atoms with Crippen LogP contribution in [0.3, 0.4) is 0 Å². The first-order valence-electron chi connectivity index (χ1n) is 5.24. The van der Waals surface area contributed by atoms with Gasteiger partial charge in [0.2, 0.25) is 0 Å². The molecule has 4 heteroatoms. The fourth-order valence-corrected chi connectivity index (χ4v) is 2.63. The van der Waals surface area contributed by atoms with E-state index in [1.807, 2.05) is 24.4 Å². The van der Waals surface area contributed by atoms with Gasteiger partial charge in [-0.3, -0.25) is 0 Å². The second kappa shape index (κ2) is 3.90. The van der Waals surface area contributed by atoms with Crippen molar-refractivity contribution in [3.05, 3.63) is 39.6 Å². The Morgan fingerprint density at radius 2 is 2.19 bits per heavy atom. The highest BCUT2D eigenvalue weighted by atomic mass is 79.9. The summed E-state index contributed by atoms with van der Waals surface area (Å²) >= 11 is 9.41. The van der Waals surface area contributed by atoms with Gasteiger partial charge in [0.15, 0.2) is 0 Å². The van der Waals surface area contributed by atoms with Crippen molar-refractivity contribution in [2.75, 3.05) is 0 Å². The molecule has 1 aromatic heterocycles. The van der Waals surface area contributed by atoms with E-state index in [-0.39, 0.29) is 0 Å². The maximum absolute atomic E-state index is 5.91. The molecule has 1 N–H and O–H groups in total. The van der Waals surface area contributed by atoms with Crippen molar-refractivity contribution in [2.45, 2.75) is 18.8 Å². The van der Waals surface area contributed by atoms with Gasteiger partial charge < -0.3 is 4.98 Å². The van der Waals surface area contributed by atoms with Crippen molar-refractivity contribution in [3.63, 3.8) is 0 Å². The van der Waals surface area contributed by atoms with Crippen molar-refractivity contribution < 1.29 is 0 Å². The highest BCUT2D eigenvalue weighted by Gasteiger charge is 2.25. The van der Waals surface area contributed by atoms with Gasteiger partial charge >= 0.3 is 0 Å². The van der Waals surface area contributed by atoms with Gasteiger partial charge in [0.05, 0.1) is 0 Å². The van der Waals surface area contributed by atoms with Crippen LogP contribution in [-0.2, 0) is 0 Å². The molecule has 1 aromatic carbocycles. The van der Waals surface area contributed by atoms with Gasteiger partial charge in [0.1, 0.15) is 5.82 Å². The predicted octanol–water partition coefficient (Wildman–Crippen LogP) is 4.37. The highest BCUT2D eigenvalue weighted by Crippen LogP contribution is 2.40. The lowest BCUT2D eigenvalue weighted by atomic mass is 10.2. The minimum atomic E-state index is 0.701. The van der Waals surface area contributed by atoms with Gasteiger partial charge in [-0.05, 0) is 47.0 Å². The Bertz CT molecular complexity index is 532. The Balaban J connectivity index is 2.00. The predicted molar refractivity (Wildman–Crippen MR) is 68.7 cm³/mol. The zero-order valence-corrected chi connectivity index (χ0v) is 10.8. The average Bonchev–Trinajstić information content (AvgIpc) is 2.98. The summed E-state index contributed by atoms with van der Waals surface area (Å²) in [5.41, 5.74) is 2.30. The maximum Gasteiger partial charge on any atom is 0.138 e. The number of halogens is 2. The summed E-state index contributed by atoms with van der Waals surface area (Å²) in [6.07, 6.45) is 4.50. The molecule has 1 aliphatic rings. The Morgan fingerprint density at radius 1 is 1.38 bits per heavy atom. The first kappa shape index (κ1) is 10.4. The summed E-state index contributed by atoms with van der Waals surface area (Å²) in [6, 6.07) is 5.74. The zero-order chi connectivity index (χ0) is 11.1. The second-order valence-corrected chi connectivity index (χ2v) is 5.38. The van der Waals surface area contributed by atoms with E-state index in [4.69, 9.17) is 11.6 Å². The topological polar surface area (TPSA) is 28.7 Å². The van der Waals surface area contributed by atoms with Crippen molar-refractivity contribution in [2.24, 2.45) is 0 Å². The summed E-state index contributed by atoms with van der Waals surface area (Å²) in [5, 5.41) is 0.726. The average molecular weight is 298 g/mol. The first-order valence-corrected chi connectivity index (χ1v) is 6.41. The fourth-order valence-electron chi connectivity index (χ4n) is 1.76. The maximum atomic E-state index is 5.91. The van der Waals surface area contributed by atoms with E-state index in [0.717, 1.165) is 20.9 Å². The minimum absolute atomic E-state index is 0.701. The van der Waals surface area contributed by atoms with Gasteiger partial charge in [-0.15, -0.1) is 0 Å². The van der Waals surface area contributed by atoms with Crippen LogP contribution in [0.25, 0.3) is 11.4 Å². The van der Waals surface area contributed by atoms with E-state index in [1.165, 1.54) is 18.5 Å². The van der Waals surface area contributed by atoms with Crippen LogP contribution in [-0.4, -0.2) is 9.97 Å². The first-order chi connectivity index (χ1) is 7.74. The molecule has 1 heterocycles. The lowest BCUT2D eigenvalue weighted by molar-refractivity contribution is 1.05. The van der Waals surface area contributed by atoms with Crippen LogP contribution < -0.4 is 0 Å². The van der Waals surface area contributed by atoms with E-state index in [9.17, 15) is 0 Å². The van der Waals surface area contributed by atoms with Crippen LogP contribution in [0.5, 0.6) is 0 Å². The highest BCUT2D eigenvalue weighted by molar-refractivity contribution is 9.10. The van der Waals surface area contributed by atoms with E-state index < -0.39 is 0 Å². The summed E-state index contributed by atoms with van der Waals surface area (Å²) in [5.74, 6) is 1.61. The van der Waals surface area contributed by atoms with Gasteiger partial charge in [-0.1, -0.05) is 11.6 Å². The van der Waals surface area contributed by atoms with E-state index in [0.29, 0.717) is 5.92 Å². The largest absolute Gasteiger partial charge is 0.342 e. The smallest absolute Gasteiger partial charge is 0.138 e. The molecule has 1 aliphatic carbocycles. The van der Waals surface area contributed by atoms with Crippen LogP contribution in [0.4, 0.5) is 0 Å². The number of benzene rings is 1. The summed E-state index contributed by atoms with van der Waals surface area (Å²) in [4.78, 5) is 7.78. The quantitative estimate of drug-likeness (QED) is 0.876. The molecule has 0 aliphatic heterocycles. The molecule has 0 radical (unpaired) electrons. The summed E-state index contributed by atoms with van der Waals surface area (Å²) in [7, 11) is 0. The molecule has 0 bridgehead atoms. The molecule has 0 unspecified atom stereocenters. The Hall–Kier alpha value is -0.800. The number of imidazole rings is 1. The number of rotatable bonds is 2. The molecule has 82 valence electrons. The van der Waals surface area contributed by atoms with Crippen LogP contribution in [0.15, 0.2) is 28.9 Å². The van der Waals surface area contributed by atoms with Crippen LogP contribution >= 0.6 is 27.5 Å². The fraction of sp³-hybridized carbons (Fsp3) is 0.250. The number of aromatic nitrogens is 2. The SMILES string of the molecule is Clc1ccc(-c2ncc(C3CC3)[nH]2)c(Br)c1. The van der Waals surface area contributed by atoms with Gasteiger partial charge in [-0.25, -0.2) is 4.98 Å². The number of nitrogens with one attached hydrogen (secondary N) is 1. The molecule has 0 spiro atoms. The van der Waals surface area contributed by atoms with Crippen LogP contribution in [0, 0.1) is 0 Å². The van der Waals surface area contributed by atoms with Gasteiger partial charge in [0, 0.05) is 32.9 Å². The molecule has 2 nitrogen and oxygen atoms in total. The monoisotopic (exact) mass is 296 g/mol. The Labute approximate surface area is 107 Å². The van der Waals surface area contributed by atoms with Crippen LogP contribution in [0.2, 0.25) is 5.02 Å². The molecule has 16 heavy (non-hydrogen) atoms. The molecule has 3 rings (SSSR count). The number of aromatic amines is 1. The minimum Gasteiger partial charge on any atom is -0.342 e. The third kappa shape index (κ3) is 1.89. The van der Waals surface area contributed by atoms with Crippen LogP contribution in [0.1, 0.15) is 24.5 Å². The lowest BCUT2D eigenvalue weighted by Crippen LogP contribution is -1.83. The van der Waals surface area contributed by atoms with E-state index in [1.54, 1.807) is 0 Å². The third-order valence-corrected chi connectivity index (χ3v) is 3.69. The molecule has 2 aromatic rings. The molecular formula is C12H10BrClN2. The lowest BCUT2D eigenvalue weighted by Gasteiger charge is -2.01. The van der Waals surface area contributed by atoms with Gasteiger partial charge in [0.25, 0.3) is 0 Å². The molecule has 1 fully saturated rings. The second-order valence-electron chi connectivity index (χ2n) is 4.09. The molecule has 0 saturated heterocycles.